The average Bonchev–Trinajstić information content (AvgIpc) is 2.34. The fourth-order valence-electron chi connectivity index (χ4n) is 1.45. The molecule has 0 saturated heterocycles. The smallest absolute Gasteiger partial charge is 0.138 e. The number of halogens is 1. The zero-order valence-corrected chi connectivity index (χ0v) is 12.1. The number of nitrogens with one attached hydrogen (secondary N) is 1. The minimum atomic E-state index is 0.464. The van der Waals surface area contributed by atoms with Crippen LogP contribution in [0, 0.1) is 0 Å². The standard InChI is InChI=1S/C14H22ClNO2/c1-4-17-7-8-18-14-6-5-12(9-13(14)15)10-16-11(2)3/h5-6,9,11,16H,4,7-8,10H2,1-3H3. The van der Waals surface area contributed by atoms with Crippen molar-refractivity contribution >= 4 is 11.6 Å². The first kappa shape index (κ1) is 15.3. The molecule has 0 atom stereocenters. The van der Waals surface area contributed by atoms with Crippen molar-refractivity contribution in [3.8, 4) is 5.75 Å². The molecular weight excluding hydrogens is 250 g/mol. The normalized spacial score (nSPS) is 10.9. The summed E-state index contributed by atoms with van der Waals surface area (Å²) in [4.78, 5) is 0. The lowest BCUT2D eigenvalue weighted by atomic mass is 10.2. The van der Waals surface area contributed by atoms with Crippen molar-refractivity contribution in [3.05, 3.63) is 28.8 Å². The summed E-state index contributed by atoms with van der Waals surface area (Å²) in [6.07, 6.45) is 0. The third-order valence-corrected chi connectivity index (χ3v) is 2.70. The molecule has 0 aromatic heterocycles. The van der Waals surface area contributed by atoms with E-state index in [-0.39, 0.29) is 0 Å². The summed E-state index contributed by atoms with van der Waals surface area (Å²) in [6, 6.07) is 6.33. The molecule has 0 aliphatic rings. The lowest BCUT2D eigenvalue weighted by Crippen LogP contribution is -2.21. The van der Waals surface area contributed by atoms with Gasteiger partial charge in [-0.15, -0.1) is 0 Å². The Morgan fingerprint density at radius 1 is 1.28 bits per heavy atom. The van der Waals surface area contributed by atoms with Crippen LogP contribution in [0.3, 0.4) is 0 Å². The molecule has 0 amide bonds. The van der Waals surface area contributed by atoms with Gasteiger partial charge in [-0.1, -0.05) is 31.5 Å². The molecule has 0 aliphatic carbocycles. The van der Waals surface area contributed by atoms with E-state index in [2.05, 4.69) is 19.2 Å². The Balaban J connectivity index is 2.46. The highest BCUT2D eigenvalue weighted by atomic mass is 35.5. The van der Waals surface area contributed by atoms with Crippen LogP contribution in [0.2, 0.25) is 5.02 Å². The molecule has 102 valence electrons. The van der Waals surface area contributed by atoms with Crippen molar-refractivity contribution < 1.29 is 9.47 Å². The quantitative estimate of drug-likeness (QED) is 0.736. The van der Waals surface area contributed by atoms with Crippen LogP contribution < -0.4 is 10.1 Å². The van der Waals surface area contributed by atoms with Crippen molar-refractivity contribution in [2.45, 2.75) is 33.4 Å². The Morgan fingerprint density at radius 2 is 2.06 bits per heavy atom. The van der Waals surface area contributed by atoms with Crippen LogP contribution in [0.4, 0.5) is 0 Å². The van der Waals surface area contributed by atoms with Crippen molar-refractivity contribution in [2.24, 2.45) is 0 Å². The molecule has 0 unspecified atom stereocenters. The molecule has 0 saturated carbocycles. The first-order valence-corrected chi connectivity index (χ1v) is 6.73. The third-order valence-electron chi connectivity index (χ3n) is 2.40. The van der Waals surface area contributed by atoms with Crippen molar-refractivity contribution in [2.75, 3.05) is 19.8 Å². The maximum atomic E-state index is 6.16. The summed E-state index contributed by atoms with van der Waals surface area (Å²) < 4.78 is 10.7. The lowest BCUT2D eigenvalue weighted by Gasteiger charge is -2.11. The van der Waals surface area contributed by atoms with Gasteiger partial charge < -0.3 is 14.8 Å². The maximum absolute atomic E-state index is 6.16. The Hall–Kier alpha value is -0.770. The Bertz CT molecular complexity index is 356. The summed E-state index contributed by atoms with van der Waals surface area (Å²) in [7, 11) is 0. The van der Waals surface area contributed by atoms with E-state index in [4.69, 9.17) is 21.1 Å². The first-order chi connectivity index (χ1) is 8.63. The van der Waals surface area contributed by atoms with Crippen LogP contribution in [0.25, 0.3) is 0 Å². The first-order valence-electron chi connectivity index (χ1n) is 6.35. The molecule has 1 aromatic carbocycles. The van der Waals surface area contributed by atoms with E-state index in [9.17, 15) is 0 Å². The molecule has 0 heterocycles. The highest BCUT2D eigenvalue weighted by Crippen LogP contribution is 2.25. The number of ether oxygens (including phenoxy) is 2. The van der Waals surface area contributed by atoms with Gasteiger partial charge >= 0.3 is 0 Å². The van der Waals surface area contributed by atoms with Gasteiger partial charge in [-0.25, -0.2) is 0 Å². The van der Waals surface area contributed by atoms with Gasteiger partial charge in [0.2, 0.25) is 0 Å². The summed E-state index contributed by atoms with van der Waals surface area (Å²) in [5.74, 6) is 0.713. The number of benzene rings is 1. The fourth-order valence-corrected chi connectivity index (χ4v) is 1.71. The fraction of sp³-hybridized carbons (Fsp3) is 0.571. The Labute approximate surface area is 114 Å². The summed E-state index contributed by atoms with van der Waals surface area (Å²) in [5.41, 5.74) is 1.16. The number of rotatable bonds is 8. The summed E-state index contributed by atoms with van der Waals surface area (Å²) >= 11 is 6.16. The van der Waals surface area contributed by atoms with Gasteiger partial charge in [0, 0.05) is 19.2 Å². The van der Waals surface area contributed by atoms with Crippen LogP contribution in [-0.2, 0) is 11.3 Å². The third kappa shape index (κ3) is 5.71. The molecule has 1 aromatic rings. The van der Waals surface area contributed by atoms with E-state index in [0.29, 0.717) is 36.6 Å². The SMILES string of the molecule is CCOCCOc1ccc(CNC(C)C)cc1Cl. The van der Waals surface area contributed by atoms with Crippen molar-refractivity contribution in [1.82, 2.24) is 5.32 Å². The molecule has 4 heteroatoms. The highest BCUT2D eigenvalue weighted by molar-refractivity contribution is 6.32. The minimum Gasteiger partial charge on any atom is -0.490 e. The topological polar surface area (TPSA) is 30.5 Å². The van der Waals surface area contributed by atoms with E-state index in [1.54, 1.807) is 0 Å². The predicted molar refractivity (Wildman–Crippen MR) is 75.4 cm³/mol. The molecule has 1 N–H and O–H groups in total. The zero-order chi connectivity index (χ0) is 13.4. The highest BCUT2D eigenvalue weighted by Gasteiger charge is 2.03. The molecular formula is C14H22ClNO2. The van der Waals surface area contributed by atoms with Crippen LogP contribution in [0.15, 0.2) is 18.2 Å². The van der Waals surface area contributed by atoms with Gasteiger partial charge in [0.1, 0.15) is 12.4 Å². The minimum absolute atomic E-state index is 0.464. The van der Waals surface area contributed by atoms with E-state index in [1.807, 2.05) is 25.1 Å². The lowest BCUT2D eigenvalue weighted by molar-refractivity contribution is 0.110. The van der Waals surface area contributed by atoms with Crippen LogP contribution in [0.1, 0.15) is 26.3 Å². The second-order valence-corrected chi connectivity index (χ2v) is 4.75. The summed E-state index contributed by atoms with van der Waals surface area (Å²) in [6.45, 7) is 8.83. The molecule has 3 nitrogen and oxygen atoms in total. The number of hydrogen-bond donors (Lipinski definition) is 1. The van der Waals surface area contributed by atoms with Crippen molar-refractivity contribution in [1.29, 1.82) is 0 Å². The van der Waals surface area contributed by atoms with E-state index >= 15 is 0 Å². The van der Waals surface area contributed by atoms with Gasteiger partial charge in [0.15, 0.2) is 0 Å². The van der Waals surface area contributed by atoms with Crippen molar-refractivity contribution in [3.63, 3.8) is 0 Å². The second-order valence-electron chi connectivity index (χ2n) is 4.35. The molecule has 0 bridgehead atoms. The molecule has 0 radical (unpaired) electrons. The van der Waals surface area contributed by atoms with E-state index < -0.39 is 0 Å². The monoisotopic (exact) mass is 271 g/mol. The average molecular weight is 272 g/mol. The van der Waals surface area contributed by atoms with Gasteiger partial charge in [0.25, 0.3) is 0 Å². The molecule has 0 aliphatic heterocycles. The van der Waals surface area contributed by atoms with Gasteiger partial charge in [-0.05, 0) is 24.6 Å². The molecule has 1 rings (SSSR count). The van der Waals surface area contributed by atoms with Gasteiger partial charge in [-0.2, -0.15) is 0 Å². The zero-order valence-electron chi connectivity index (χ0n) is 11.3. The Kier molecular flexibility index (Phi) is 7.09. The van der Waals surface area contributed by atoms with Crippen LogP contribution >= 0.6 is 11.6 Å². The van der Waals surface area contributed by atoms with E-state index in [1.165, 1.54) is 0 Å². The Morgan fingerprint density at radius 3 is 2.67 bits per heavy atom. The second kappa shape index (κ2) is 8.35. The van der Waals surface area contributed by atoms with E-state index in [0.717, 1.165) is 12.1 Å². The number of hydrogen-bond acceptors (Lipinski definition) is 3. The largest absolute Gasteiger partial charge is 0.490 e. The molecule has 0 spiro atoms. The molecule has 18 heavy (non-hydrogen) atoms. The maximum Gasteiger partial charge on any atom is 0.138 e. The van der Waals surface area contributed by atoms with Gasteiger partial charge in [0.05, 0.1) is 11.6 Å². The predicted octanol–water partition coefficient (Wildman–Crippen LogP) is 3.25. The van der Waals surface area contributed by atoms with Gasteiger partial charge in [-0.3, -0.25) is 0 Å². The summed E-state index contributed by atoms with van der Waals surface area (Å²) in [5, 5.41) is 4.00. The van der Waals surface area contributed by atoms with Crippen LogP contribution in [-0.4, -0.2) is 25.9 Å². The molecule has 0 fully saturated rings. The van der Waals surface area contributed by atoms with Crippen LogP contribution in [0.5, 0.6) is 5.75 Å².